The zero-order valence-corrected chi connectivity index (χ0v) is 20.6. The van der Waals surface area contributed by atoms with Crippen molar-refractivity contribution < 1.29 is 9.53 Å². The molecule has 0 atom stereocenters. The third-order valence-electron chi connectivity index (χ3n) is 5.07. The zero-order valence-electron chi connectivity index (χ0n) is 19.1. The maximum absolute atomic E-state index is 12.9. The molecule has 166 valence electrons. The Morgan fingerprint density at radius 2 is 1.77 bits per heavy atom. The van der Waals surface area contributed by atoms with E-state index in [9.17, 15) is 10.1 Å². The predicted molar refractivity (Wildman–Crippen MR) is 126 cm³/mol. The van der Waals surface area contributed by atoms with Gasteiger partial charge in [-0.25, -0.2) is 0 Å². The van der Waals surface area contributed by atoms with Crippen LogP contribution in [0.25, 0.3) is 11.3 Å². The van der Waals surface area contributed by atoms with E-state index in [1.54, 1.807) is 25.6 Å². The Labute approximate surface area is 194 Å². The molecule has 2 rings (SSSR count). The fourth-order valence-electron chi connectivity index (χ4n) is 2.91. The van der Waals surface area contributed by atoms with Gasteiger partial charge in [0.25, 0.3) is 0 Å². The average Bonchev–Trinajstić information content (AvgIpc) is 3.00. The number of esters is 1. The highest BCUT2D eigenvalue weighted by molar-refractivity contribution is 6.33. The average molecular weight is 462 g/mol. The molecule has 31 heavy (non-hydrogen) atoms. The standard InChI is InChI=1S/C24H29Cl2N3O2/c1-8-18-19(26)20(29(7)28-18)21(31-22(30)24(5,6)14-25)17(13-27)15-9-11-16(12-10-15)23(2,3)4/h9-12H,8,14H2,1-7H3/b21-17-. The molecule has 2 aromatic rings. The molecule has 0 spiro atoms. The number of aromatic nitrogens is 2. The molecule has 1 aromatic carbocycles. The highest BCUT2D eigenvalue weighted by atomic mass is 35.5. The molecular formula is C24H29Cl2N3O2. The van der Waals surface area contributed by atoms with E-state index < -0.39 is 11.4 Å². The molecule has 1 aromatic heterocycles. The summed E-state index contributed by atoms with van der Waals surface area (Å²) in [5, 5.41) is 14.8. The van der Waals surface area contributed by atoms with Crippen molar-refractivity contribution >= 4 is 40.5 Å². The van der Waals surface area contributed by atoms with Crippen LogP contribution in [0.3, 0.4) is 0 Å². The molecule has 0 radical (unpaired) electrons. The van der Waals surface area contributed by atoms with Gasteiger partial charge in [0.15, 0.2) is 5.76 Å². The van der Waals surface area contributed by atoms with Gasteiger partial charge in [0.2, 0.25) is 0 Å². The predicted octanol–water partition coefficient (Wildman–Crippen LogP) is 6.13. The second-order valence-corrected chi connectivity index (χ2v) is 9.78. The lowest BCUT2D eigenvalue weighted by atomic mass is 9.86. The summed E-state index contributed by atoms with van der Waals surface area (Å²) in [6.07, 6.45) is 0.600. The molecule has 7 heteroatoms. The lowest BCUT2D eigenvalue weighted by molar-refractivity contribution is -0.145. The maximum atomic E-state index is 12.9. The number of halogens is 2. The summed E-state index contributed by atoms with van der Waals surface area (Å²) < 4.78 is 7.35. The second-order valence-electron chi connectivity index (χ2n) is 9.14. The van der Waals surface area contributed by atoms with Gasteiger partial charge in [0.1, 0.15) is 17.3 Å². The summed E-state index contributed by atoms with van der Waals surface area (Å²) in [5.74, 6) is -0.401. The normalized spacial score (nSPS) is 12.9. The lowest BCUT2D eigenvalue weighted by Gasteiger charge is -2.22. The van der Waals surface area contributed by atoms with Crippen LogP contribution in [-0.4, -0.2) is 21.6 Å². The molecule has 5 nitrogen and oxygen atoms in total. The van der Waals surface area contributed by atoms with Crippen molar-refractivity contribution in [2.75, 3.05) is 5.88 Å². The first kappa shape index (κ1) is 25.0. The smallest absolute Gasteiger partial charge is 0.318 e. The molecule has 0 aliphatic heterocycles. The van der Waals surface area contributed by atoms with Gasteiger partial charge in [-0.3, -0.25) is 9.48 Å². The van der Waals surface area contributed by atoms with E-state index in [-0.39, 0.29) is 22.6 Å². The Kier molecular flexibility index (Phi) is 7.62. The zero-order chi connectivity index (χ0) is 23.6. The van der Waals surface area contributed by atoms with Crippen LogP contribution < -0.4 is 0 Å². The van der Waals surface area contributed by atoms with E-state index in [1.165, 1.54) is 0 Å². The van der Waals surface area contributed by atoms with E-state index in [0.29, 0.717) is 28.4 Å². The minimum atomic E-state index is -0.942. The largest absolute Gasteiger partial charge is 0.422 e. The van der Waals surface area contributed by atoms with Crippen molar-refractivity contribution in [1.29, 1.82) is 5.26 Å². The van der Waals surface area contributed by atoms with Crippen LogP contribution in [0.1, 0.15) is 64.1 Å². The summed E-state index contributed by atoms with van der Waals surface area (Å²) in [5.41, 5.74) is 2.02. The summed E-state index contributed by atoms with van der Waals surface area (Å²) in [6.45, 7) is 11.7. The molecule has 0 amide bonds. The number of alkyl halides is 1. The van der Waals surface area contributed by atoms with Crippen molar-refractivity contribution in [2.24, 2.45) is 12.5 Å². The SMILES string of the molecule is CCc1nn(C)c(/C(OC(=O)C(C)(C)CCl)=C(\C#N)c2ccc(C(C)(C)C)cc2)c1Cl. The van der Waals surface area contributed by atoms with Crippen LogP contribution in [0.15, 0.2) is 24.3 Å². The first-order valence-electron chi connectivity index (χ1n) is 10.1. The molecular weight excluding hydrogens is 433 g/mol. The highest BCUT2D eigenvalue weighted by Gasteiger charge is 2.33. The lowest BCUT2D eigenvalue weighted by Crippen LogP contribution is -2.28. The van der Waals surface area contributed by atoms with Crippen LogP contribution in [0.2, 0.25) is 5.02 Å². The van der Waals surface area contributed by atoms with Gasteiger partial charge >= 0.3 is 5.97 Å². The Bertz CT molecular complexity index is 1040. The molecule has 0 saturated heterocycles. The molecule has 0 N–H and O–H groups in total. The number of benzene rings is 1. The number of carbonyl (C=O) groups is 1. The monoisotopic (exact) mass is 461 g/mol. The van der Waals surface area contributed by atoms with E-state index in [1.807, 2.05) is 31.2 Å². The van der Waals surface area contributed by atoms with E-state index >= 15 is 0 Å². The third kappa shape index (κ3) is 5.31. The number of allylic oxidation sites excluding steroid dienone is 1. The molecule has 0 unspecified atom stereocenters. The quantitative estimate of drug-likeness (QED) is 0.224. The van der Waals surface area contributed by atoms with Crippen molar-refractivity contribution in [3.63, 3.8) is 0 Å². The molecule has 0 saturated carbocycles. The van der Waals surface area contributed by atoms with Gasteiger partial charge in [-0.05, 0) is 36.8 Å². The Morgan fingerprint density at radius 1 is 1.19 bits per heavy atom. The summed E-state index contributed by atoms with van der Waals surface area (Å²) in [4.78, 5) is 12.9. The fraction of sp³-hybridized carbons (Fsp3) is 0.458. The Balaban J connectivity index is 2.75. The minimum Gasteiger partial charge on any atom is -0.422 e. The number of nitriles is 1. The molecule has 0 aliphatic rings. The second kappa shape index (κ2) is 9.46. The minimum absolute atomic E-state index is 0.0317. The number of rotatable bonds is 6. The number of hydrogen-bond acceptors (Lipinski definition) is 4. The van der Waals surface area contributed by atoms with Crippen molar-refractivity contribution in [1.82, 2.24) is 9.78 Å². The van der Waals surface area contributed by atoms with Crippen LogP contribution >= 0.6 is 23.2 Å². The maximum Gasteiger partial charge on any atom is 0.318 e. The first-order valence-corrected chi connectivity index (χ1v) is 11.0. The van der Waals surface area contributed by atoms with Gasteiger partial charge < -0.3 is 4.74 Å². The van der Waals surface area contributed by atoms with Gasteiger partial charge in [-0.15, -0.1) is 11.6 Å². The Hall–Kier alpha value is -2.29. The van der Waals surface area contributed by atoms with Gasteiger partial charge in [-0.1, -0.05) is 63.6 Å². The molecule has 0 aliphatic carbocycles. The van der Waals surface area contributed by atoms with Gasteiger partial charge in [0.05, 0.1) is 16.1 Å². The molecule has 1 heterocycles. The van der Waals surface area contributed by atoms with Crippen LogP contribution in [-0.2, 0) is 28.4 Å². The van der Waals surface area contributed by atoms with E-state index in [2.05, 4.69) is 31.9 Å². The summed E-state index contributed by atoms with van der Waals surface area (Å²) in [7, 11) is 1.71. The highest BCUT2D eigenvalue weighted by Crippen LogP contribution is 2.36. The van der Waals surface area contributed by atoms with Crippen molar-refractivity contribution in [3.8, 4) is 6.07 Å². The van der Waals surface area contributed by atoms with E-state index in [4.69, 9.17) is 27.9 Å². The number of aryl methyl sites for hydroxylation is 2. The number of ether oxygens (including phenoxy) is 1. The summed E-state index contributed by atoms with van der Waals surface area (Å²) >= 11 is 12.6. The molecule has 0 bridgehead atoms. The number of nitrogens with zero attached hydrogens (tertiary/aromatic N) is 3. The van der Waals surface area contributed by atoms with Gasteiger partial charge in [-0.2, -0.15) is 10.4 Å². The first-order chi connectivity index (χ1) is 14.4. The van der Waals surface area contributed by atoms with E-state index in [0.717, 1.165) is 5.56 Å². The topological polar surface area (TPSA) is 67.9 Å². The Morgan fingerprint density at radius 3 is 2.19 bits per heavy atom. The number of hydrogen-bond donors (Lipinski definition) is 0. The number of carbonyl (C=O) groups excluding carboxylic acids is 1. The van der Waals surface area contributed by atoms with Crippen molar-refractivity contribution in [2.45, 2.75) is 53.4 Å². The van der Waals surface area contributed by atoms with Gasteiger partial charge in [0, 0.05) is 12.9 Å². The van der Waals surface area contributed by atoms with Crippen LogP contribution in [0.4, 0.5) is 0 Å². The van der Waals surface area contributed by atoms with Crippen molar-refractivity contribution in [3.05, 3.63) is 51.8 Å². The van der Waals surface area contributed by atoms with Crippen LogP contribution in [0, 0.1) is 16.7 Å². The fourth-order valence-corrected chi connectivity index (χ4v) is 3.40. The van der Waals surface area contributed by atoms with Crippen LogP contribution in [0.5, 0.6) is 0 Å². The third-order valence-corrected chi connectivity index (χ3v) is 6.13. The molecule has 0 fully saturated rings. The summed E-state index contributed by atoms with van der Waals surface area (Å²) in [6, 6.07) is 9.84.